The second kappa shape index (κ2) is 4.22. The maximum Gasteiger partial charge on any atom is 0.130 e. The standard InChI is InChI=1S/C13H14O2/c1-14-11-8-5-9-12(15-2)13(11)10-6-3-4-7-10/h3-6,8-9H,7H2,1-2H3. The third kappa shape index (κ3) is 1.75. The highest BCUT2D eigenvalue weighted by Gasteiger charge is 2.14. The second-order valence-electron chi connectivity index (χ2n) is 3.36. The summed E-state index contributed by atoms with van der Waals surface area (Å²) in [4.78, 5) is 0. The van der Waals surface area contributed by atoms with Crippen molar-refractivity contribution in [3.05, 3.63) is 42.0 Å². The van der Waals surface area contributed by atoms with E-state index in [1.807, 2.05) is 18.2 Å². The van der Waals surface area contributed by atoms with E-state index in [0.717, 1.165) is 23.5 Å². The highest BCUT2D eigenvalue weighted by atomic mass is 16.5. The third-order valence-electron chi connectivity index (χ3n) is 2.52. The Bertz CT molecular complexity index is 394. The van der Waals surface area contributed by atoms with Crippen molar-refractivity contribution in [3.8, 4) is 11.5 Å². The molecule has 0 unspecified atom stereocenters. The largest absolute Gasteiger partial charge is 0.496 e. The zero-order valence-corrected chi connectivity index (χ0v) is 8.99. The van der Waals surface area contributed by atoms with Gasteiger partial charge in [-0.1, -0.05) is 24.3 Å². The van der Waals surface area contributed by atoms with Crippen LogP contribution in [0.1, 0.15) is 12.0 Å². The molecule has 0 fully saturated rings. The molecule has 2 nitrogen and oxygen atoms in total. The summed E-state index contributed by atoms with van der Waals surface area (Å²) in [5, 5.41) is 0. The first-order chi connectivity index (χ1) is 7.36. The number of hydrogen-bond donors (Lipinski definition) is 0. The van der Waals surface area contributed by atoms with Crippen LogP contribution in [0.2, 0.25) is 0 Å². The Labute approximate surface area is 89.8 Å². The zero-order chi connectivity index (χ0) is 10.7. The van der Waals surface area contributed by atoms with Gasteiger partial charge in [-0.2, -0.15) is 0 Å². The molecule has 0 atom stereocenters. The minimum absolute atomic E-state index is 0.865. The number of methoxy groups -OCH3 is 2. The van der Waals surface area contributed by atoms with Crippen molar-refractivity contribution in [1.29, 1.82) is 0 Å². The predicted octanol–water partition coefficient (Wildman–Crippen LogP) is 3.05. The maximum absolute atomic E-state index is 5.35. The average Bonchev–Trinajstić information content (AvgIpc) is 2.81. The van der Waals surface area contributed by atoms with Crippen LogP contribution in [0.3, 0.4) is 0 Å². The van der Waals surface area contributed by atoms with Gasteiger partial charge in [-0.25, -0.2) is 0 Å². The molecule has 2 heteroatoms. The van der Waals surface area contributed by atoms with Gasteiger partial charge in [0.2, 0.25) is 0 Å². The van der Waals surface area contributed by atoms with E-state index in [-0.39, 0.29) is 0 Å². The smallest absolute Gasteiger partial charge is 0.130 e. The predicted molar refractivity (Wildman–Crippen MR) is 61.3 cm³/mol. The molecule has 1 aromatic rings. The molecule has 78 valence electrons. The summed E-state index contributed by atoms with van der Waals surface area (Å²) in [6.07, 6.45) is 7.22. The molecule has 1 aromatic carbocycles. The number of rotatable bonds is 3. The van der Waals surface area contributed by atoms with Crippen molar-refractivity contribution in [2.75, 3.05) is 14.2 Å². The molecule has 0 N–H and O–H groups in total. The summed E-state index contributed by atoms with van der Waals surface area (Å²) in [5.74, 6) is 1.73. The van der Waals surface area contributed by atoms with Crippen molar-refractivity contribution in [2.45, 2.75) is 6.42 Å². The van der Waals surface area contributed by atoms with Crippen molar-refractivity contribution in [2.24, 2.45) is 0 Å². The average molecular weight is 202 g/mol. The summed E-state index contributed by atoms with van der Waals surface area (Å²) in [6, 6.07) is 5.85. The number of hydrogen-bond acceptors (Lipinski definition) is 2. The van der Waals surface area contributed by atoms with Crippen LogP contribution in [0, 0.1) is 0 Å². The van der Waals surface area contributed by atoms with Gasteiger partial charge in [0.25, 0.3) is 0 Å². The molecule has 1 aliphatic carbocycles. The minimum Gasteiger partial charge on any atom is -0.496 e. The number of allylic oxidation sites excluding steroid dienone is 4. The van der Waals surface area contributed by atoms with Crippen LogP contribution >= 0.6 is 0 Å². The first-order valence-electron chi connectivity index (χ1n) is 4.94. The SMILES string of the molecule is COc1cccc(OC)c1C1=CC=CC1. The summed E-state index contributed by atoms with van der Waals surface area (Å²) in [5.41, 5.74) is 2.30. The molecule has 2 rings (SSSR count). The minimum atomic E-state index is 0.865. The molecule has 15 heavy (non-hydrogen) atoms. The Morgan fingerprint density at radius 2 is 1.73 bits per heavy atom. The quantitative estimate of drug-likeness (QED) is 0.750. The van der Waals surface area contributed by atoms with Crippen LogP contribution in [-0.4, -0.2) is 14.2 Å². The maximum atomic E-state index is 5.35. The Morgan fingerprint density at radius 3 is 2.20 bits per heavy atom. The van der Waals surface area contributed by atoms with E-state index in [1.54, 1.807) is 14.2 Å². The monoisotopic (exact) mass is 202 g/mol. The molecule has 0 saturated heterocycles. The summed E-state index contributed by atoms with van der Waals surface area (Å²) in [6.45, 7) is 0. The highest BCUT2D eigenvalue weighted by molar-refractivity contribution is 5.78. The molecule has 0 aliphatic heterocycles. The molecule has 0 spiro atoms. The van der Waals surface area contributed by atoms with E-state index in [0.29, 0.717) is 0 Å². The van der Waals surface area contributed by atoms with Gasteiger partial charge in [-0.05, 0) is 24.1 Å². The van der Waals surface area contributed by atoms with Crippen LogP contribution < -0.4 is 9.47 Å². The first-order valence-corrected chi connectivity index (χ1v) is 4.94. The van der Waals surface area contributed by atoms with Crippen molar-refractivity contribution in [1.82, 2.24) is 0 Å². The van der Waals surface area contributed by atoms with Gasteiger partial charge >= 0.3 is 0 Å². The molecule has 0 saturated carbocycles. The van der Waals surface area contributed by atoms with Gasteiger partial charge in [-0.3, -0.25) is 0 Å². The second-order valence-corrected chi connectivity index (χ2v) is 3.36. The topological polar surface area (TPSA) is 18.5 Å². The van der Waals surface area contributed by atoms with Crippen LogP contribution in [0.15, 0.2) is 36.4 Å². The van der Waals surface area contributed by atoms with Crippen LogP contribution in [0.25, 0.3) is 5.57 Å². The fourth-order valence-electron chi connectivity index (χ4n) is 1.80. The van der Waals surface area contributed by atoms with E-state index in [2.05, 4.69) is 18.2 Å². The van der Waals surface area contributed by atoms with Crippen molar-refractivity contribution >= 4 is 5.57 Å². The third-order valence-corrected chi connectivity index (χ3v) is 2.52. The Morgan fingerprint density at radius 1 is 1.07 bits per heavy atom. The van der Waals surface area contributed by atoms with Crippen molar-refractivity contribution in [3.63, 3.8) is 0 Å². The van der Waals surface area contributed by atoms with Crippen LogP contribution in [0.4, 0.5) is 0 Å². The van der Waals surface area contributed by atoms with Gasteiger partial charge in [0.15, 0.2) is 0 Å². The number of benzene rings is 1. The Balaban J connectivity index is 2.50. The fraction of sp³-hybridized carbons (Fsp3) is 0.231. The van der Waals surface area contributed by atoms with E-state index in [1.165, 1.54) is 5.57 Å². The Kier molecular flexibility index (Phi) is 2.77. The van der Waals surface area contributed by atoms with Gasteiger partial charge in [-0.15, -0.1) is 0 Å². The highest BCUT2D eigenvalue weighted by Crippen LogP contribution is 2.37. The van der Waals surface area contributed by atoms with Crippen LogP contribution in [-0.2, 0) is 0 Å². The molecular formula is C13H14O2. The summed E-state index contributed by atoms with van der Waals surface area (Å²) in [7, 11) is 3.36. The van der Waals surface area contributed by atoms with Gasteiger partial charge in [0.05, 0.1) is 19.8 Å². The van der Waals surface area contributed by atoms with E-state index < -0.39 is 0 Å². The zero-order valence-electron chi connectivity index (χ0n) is 8.99. The van der Waals surface area contributed by atoms with Gasteiger partial charge < -0.3 is 9.47 Å². The fourth-order valence-corrected chi connectivity index (χ4v) is 1.80. The molecule has 0 aromatic heterocycles. The van der Waals surface area contributed by atoms with Gasteiger partial charge in [0.1, 0.15) is 11.5 Å². The van der Waals surface area contributed by atoms with E-state index in [9.17, 15) is 0 Å². The van der Waals surface area contributed by atoms with E-state index in [4.69, 9.17) is 9.47 Å². The molecule has 0 heterocycles. The molecule has 0 radical (unpaired) electrons. The summed E-state index contributed by atoms with van der Waals surface area (Å²) < 4.78 is 10.7. The Hall–Kier alpha value is -1.70. The number of ether oxygens (including phenoxy) is 2. The lowest BCUT2D eigenvalue weighted by molar-refractivity contribution is 0.392. The lowest BCUT2D eigenvalue weighted by atomic mass is 10.0. The molecule has 1 aliphatic rings. The van der Waals surface area contributed by atoms with Crippen LogP contribution in [0.5, 0.6) is 11.5 Å². The lowest BCUT2D eigenvalue weighted by Gasteiger charge is -2.13. The molecule has 0 amide bonds. The van der Waals surface area contributed by atoms with E-state index >= 15 is 0 Å². The first kappa shape index (κ1) is 9.84. The summed E-state index contributed by atoms with van der Waals surface area (Å²) >= 11 is 0. The van der Waals surface area contributed by atoms with Crippen molar-refractivity contribution < 1.29 is 9.47 Å². The normalized spacial score (nSPS) is 13.9. The van der Waals surface area contributed by atoms with Gasteiger partial charge in [0, 0.05) is 0 Å². The lowest BCUT2D eigenvalue weighted by Crippen LogP contribution is -1.95. The molecular weight excluding hydrogens is 188 g/mol. The molecule has 0 bridgehead atoms.